The first-order valence-electron chi connectivity index (χ1n) is 8.46. The number of hydrogen-bond donors (Lipinski definition) is 2. The quantitative estimate of drug-likeness (QED) is 0.741. The van der Waals surface area contributed by atoms with E-state index >= 15 is 0 Å². The molecule has 0 bridgehead atoms. The van der Waals surface area contributed by atoms with E-state index in [0.717, 1.165) is 5.56 Å². The van der Waals surface area contributed by atoms with Crippen LogP contribution in [0.3, 0.4) is 0 Å². The van der Waals surface area contributed by atoms with Crippen LogP contribution in [0.25, 0.3) is 11.0 Å². The van der Waals surface area contributed by atoms with Gasteiger partial charge in [-0.1, -0.05) is 12.1 Å². The summed E-state index contributed by atoms with van der Waals surface area (Å²) in [6, 6.07) is 8.55. The van der Waals surface area contributed by atoms with Crippen LogP contribution in [0.5, 0.6) is 0 Å². The van der Waals surface area contributed by atoms with Gasteiger partial charge in [0.15, 0.2) is 0 Å². The number of nitrogens with two attached hydrogens (primary N) is 1. The number of H-pyrrole nitrogens is 1. The van der Waals surface area contributed by atoms with Gasteiger partial charge in [-0.25, -0.2) is 13.8 Å². The molecule has 0 unspecified atom stereocenters. The number of nitrogens with zero attached hydrogens (tertiary/aromatic N) is 2. The third kappa shape index (κ3) is 2.94. The number of amides is 1. The fraction of sp³-hybridized carbons (Fsp3) is 0.263. The SMILES string of the molecule is N[C@@H]1CN(C(=O)c2cc(F)cc3[nH]cnc23)CC[C@H]1c1ccc(F)cc1. The van der Waals surface area contributed by atoms with E-state index in [1.165, 1.54) is 30.6 Å². The summed E-state index contributed by atoms with van der Waals surface area (Å²) in [7, 11) is 0. The summed E-state index contributed by atoms with van der Waals surface area (Å²) >= 11 is 0. The van der Waals surface area contributed by atoms with Crippen LogP contribution in [0.15, 0.2) is 42.7 Å². The summed E-state index contributed by atoms with van der Waals surface area (Å²) in [5.74, 6) is -1.01. The Morgan fingerprint density at radius 2 is 1.96 bits per heavy atom. The molecule has 134 valence electrons. The van der Waals surface area contributed by atoms with Gasteiger partial charge in [-0.2, -0.15) is 0 Å². The maximum Gasteiger partial charge on any atom is 0.256 e. The maximum absolute atomic E-state index is 13.8. The topological polar surface area (TPSA) is 75.0 Å². The fourth-order valence-electron chi connectivity index (χ4n) is 3.64. The van der Waals surface area contributed by atoms with Crippen LogP contribution >= 0.6 is 0 Å². The highest BCUT2D eigenvalue weighted by atomic mass is 19.1. The average Bonchev–Trinajstić information content (AvgIpc) is 3.09. The van der Waals surface area contributed by atoms with E-state index in [4.69, 9.17) is 5.73 Å². The lowest BCUT2D eigenvalue weighted by atomic mass is 9.85. The predicted octanol–water partition coefficient (Wildman–Crippen LogP) is 2.80. The summed E-state index contributed by atoms with van der Waals surface area (Å²) in [6.45, 7) is 0.848. The van der Waals surface area contributed by atoms with Crippen molar-refractivity contribution in [3.8, 4) is 0 Å². The summed E-state index contributed by atoms with van der Waals surface area (Å²) in [6.07, 6.45) is 2.10. The number of rotatable bonds is 2. The molecule has 1 saturated heterocycles. The van der Waals surface area contributed by atoms with Crippen LogP contribution in [0.4, 0.5) is 8.78 Å². The normalized spacial score (nSPS) is 20.5. The van der Waals surface area contributed by atoms with E-state index in [-0.39, 0.29) is 29.2 Å². The standard InChI is InChI=1S/C19H18F2N4O/c20-12-3-1-11(2-4-12)14-5-6-25(9-16(14)22)19(26)15-7-13(21)8-17-18(15)24-10-23-17/h1-4,7-8,10,14,16H,5-6,9,22H2,(H,23,24)/t14-,16+/m0/s1. The van der Waals surface area contributed by atoms with Gasteiger partial charge < -0.3 is 15.6 Å². The van der Waals surface area contributed by atoms with Gasteiger partial charge in [-0.15, -0.1) is 0 Å². The number of imidazole rings is 1. The molecule has 1 aliphatic rings. The lowest BCUT2D eigenvalue weighted by Gasteiger charge is -2.37. The van der Waals surface area contributed by atoms with Crippen LogP contribution < -0.4 is 5.73 Å². The highest BCUT2D eigenvalue weighted by Gasteiger charge is 2.31. The first-order valence-corrected chi connectivity index (χ1v) is 8.46. The number of hydrogen-bond acceptors (Lipinski definition) is 3. The van der Waals surface area contributed by atoms with Crippen LogP contribution in [-0.2, 0) is 0 Å². The molecule has 2 atom stereocenters. The van der Waals surface area contributed by atoms with E-state index in [9.17, 15) is 13.6 Å². The number of carbonyl (C=O) groups excluding carboxylic acids is 1. The van der Waals surface area contributed by atoms with Gasteiger partial charge in [-0.05, 0) is 36.2 Å². The Kier molecular flexibility index (Phi) is 4.16. The van der Waals surface area contributed by atoms with Crippen LogP contribution in [-0.4, -0.2) is 39.9 Å². The molecule has 3 aromatic rings. The predicted molar refractivity (Wildman–Crippen MR) is 93.7 cm³/mol. The lowest BCUT2D eigenvalue weighted by Crippen LogP contribution is -2.49. The van der Waals surface area contributed by atoms with Crippen LogP contribution in [0, 0.1) is 11.6 Å². The van der Waals surface area contributed by atoms with Gasteiger partial charge in [-0.3, -0.25) is 4.79 Å². The zero-order chi connectivity index (χ0) is 18.3. The smallest absolute Gasteiger partial charge is 0.256 e. The van der Waals surface area contributed by atoms with Gasteiger partial charge in [0, 0.05) is 25.0 Å². The molecule has 1 amide bonds. The number of nitrogens with one attached hydrogen (secondary N) is 1. The molecule has 1 aliphatic heterocycles. The van der Waals surface area contributed by atoms with Crippen molar-refractivity contribution < 1.29 is 13.6 Å². The third-order valence-electron chi connectivity index (χ3n) is 4.96. The first-order chi connectivity index (χ1) is 12.5. The van der Waals surface area contributed by atoms with E-state index < -0.39 is 5.82 Å². The van der Waals surface area contributed by atoms with Gasteiger partial charge in [0.2, 0.25) is 0 Å². The third-order valence-corrected chi connectivity index (χ3v) is 4.96. The minimum Gasteiger partial charge on any atom is -0.344 e. The molecule has 7 heteroatoms. The number of likely N-dealkylation sites (tertiary alicyclic amines) is 1. The Labute approximate surface area is 148 Å². The summed E-state index contributed by atoms with van der Waals surface area (Å²) in [5.41, 5.74) is 8.42. The zero-order valence-electron chi connectivity index (χ0n) is 14.0. The van der Waals surface area contributed by atoms with Crippen molar-refractivity contribution in [2.24, 2.45) is 5.73 Å². The molecule has 1 aromatic heterocycles. The van der Waals surface area contributed by atoms with Crippen molar-refractivity contribution >= 4 is 16.9 Å². The highest BCUT2D eigenvalue weighted by Crippen LogP contribution is 2.29. The molecule has 26 heavy (non-hydrogen) atoms. The largest absolute Gasteiger partial charge is 0.344 e. The van der Waals surface area contributed by atoms with E-state index in [1.54, 1.807) is 17.0 Å². The molecule has 0 aliphatic carbocycles. The van der Waals surface area contributed by atoms with Gasteiger partial charge in [0.1, 0.15) is 17.2 Å². The van der Waals surface area contributed by atoms with E-state index in [1.807, 2.05) is 0 Å². The Bertz CT molecular complexity index is 954. The summed E-state index contributed by atoms with van der Waals surface area (Å²) in [4.78, 5) is 21.5. The number of piperidine rings is 1. The number of aromatic nitrogens is 2. The number of benzene rings is 2. The summed E-state index contributed by atoms with van der Waals surface area (Å²) in [5, 5.41) is 0. The molecule has 4 rings (SSSR count). The van der Waals surface area contributed by atoms with E-state index in [2.05, 4.69) is 9.97 Å². The minimum absolute atomic E-state index is 0.0533. The molecule has 2 heterocycles. The Morgan fingerprint density at radius 3 is 2.69 bits per heavy atom. The van der Waals surface area contributed by atoms with Crippen LogP contribution in [0.1, 0.15) is 28.3 Å². The van der Waals surface area contributed by atoms with Gasteiger partial charge in [0.25, 0.3) is 5.91 Å². The number of fused-ring (bicyclic) bond motifs is 1. The second kappa shape index (κ2) is 6.49. The van der Waals surface area contributed by atoms with Crippen molar-refractivity contribution in [2.45, 2.75) is 18.4 Å². The molecule has 5 nitrogen and oxygen atoms in total. The zero-order valence-corrected chi connectivity index (χ0v) is 14.0. The van der Waals surface area contributed by atoms with Gasteiger partial charge in [0.05, 0.1) is 17.4 Å². The number of aromatic amines is 1. The van der Waals surface area contributed by atoms with Crippen molar-refractivity contribution in [2.75, 3.05) is 13.1 Å². The van der Waals surface area contributed by atoms with Crippen molar-refractivity contribution in [1.82, 2.24) is 14.9 Å². The van der Waals surface area contributed by atoms with Crippen molar-refractivity contribution in [3.05, 3.63) is 65.5 Å². The average molecular weight is 356 g/mol. The van der Waals surface area contributed by atoms with E-state index in [0.29, 0.717) is 30.5 Å². The lowest BCUT2D eigenvalue weighted by molar-refractivity contribution is 0.0695. The van der Waals surface area contributed by atoms with Crippen LogP contribution in [0.2, 0.25) is 0 Å². The second-order valence-corrected chi connectivity index (χ2v) is 6.61. The molecule has 0 saturated carbocycles. The molecule has 0 spiro atoms. The number of halogens is 2. The second-order valence-electron chi connectivity index (χ2n) is 6.61. The molecule has 2 aromatic carbocycles. The minimum atomic E-state index is -0.490. The fourth-order valence-corrected chi connectivity index (χ4v) is 3.64. The first kappa shape index (κ1) is 16.7. The maximum atomic E-state index is 13.8. The Hall–Kier alpha value is -2.80. The Balaban J connectivity index is 1.55. The molecular formula is C19H18F2N4O. The number of carbonyl (C=O) groups is 1. The summed E-state index contributed by atoms with van der Waals surface area (Å²) < 4.78 is 26.9. The van der Waals surface area contributed by atoms with Crippen molar-refractivity contribution in [1.29, 1.82) is 0 Å². The molecular weight excluding hydrogens is 338 g/mol. The molecule has 0 radical (unpaired) electrons. The van der Waals surface area contributed by atoms with Gasteiger partial charge >= 0.3 is 0 Å². The molecule has 3 N–H and O–H groups in total. The molecule has 1 fully saturated rings. The monoisotopic (exact) mass is 356 g/mol. The van der Waals surface area contributed by atoms with Crippen molar-refractivity contribution in [3.63, 3.8) is 0 Å². The highest BCUT2D eigenvalue weighted by molar-refractivity contribution is 6.04. The Morgan fingerprint density at radius 1 is 1.19 bits per heavy atom.